The lowest BCUT2D eigenvalue weighted by molar-refractivity contribution is -0.116. The van der Waals surface area contributed by atoms with E-state index < -0.39 is 17.7 Å². The van der Waals surface area contributed by atoms with Crippen molar-refractivity contribution in [2.45, 2.75) is 0 Å². The van der Waals surface area contributed by atoms with Gasteiger partial charge in [0.2, 0.25) is 5.91 Å². The van der Waals surface area contributed by atoms with Crippen molar-refractivity contribution in [3.05, 3.63) is 62.2 Å². The summed E-state index contributed by atoms with van der Waals surface area (Å²) in [5.41, 5.74) is 1.07. The summed E-state index contributed by atoms with van der Waals surface area (Å²) < 4.78 is 0.936. The third kappa shape index (κ3) is 3.09. The van der Waals surface area contributed by atoms with Crippen molar-refractivity contribution in [3.63, 3.8) is 0 Å². The van der Waals surface area contributed by atoms with Crippen molar-refractivity contribution in [1.82, 2.24) is 4.90 Å². The Kier molecular flexibility index (Phi) is 4.36. The Morgan fingerprint density at radius 2 is 1.70 bits per heavy atom. The molecule has 0 saturated carbocycles. The largest absolute Gasteiger partial charge is 0.323 e. The predicted octanol–water partition coefficient (Wildman–Crippen LogP) is 3.18. The van der Waals surface area contributed by atoms with Crippen LogP contribution in [0, 0.1) is 3.57 Å². The third-order valence-corrected chi connectivity index (χ3v) is 4.37. The van der Waals surface area contributed by atoms with Crippen LogP contribution in [0.15, 0.2) is 42.5 Å². The van der Waals surface area contributed by atoms with Crippen LogP contribution in [0.3, 0.4) is 0 Å². The number of rotatable bonds is 3. The zero-order valence-electron chi connectivity index (χ0n) is 11.7. The number of hydrogen-bond acceptors (Lipinski definition) is 3. The lowest BCUT2D eigenvalue weighted by Crippen LogP contribution is -2.37. The first kappa shape index (κ1) is 15.9. The molecule has 0 radical (unpaired) electrons. The molecule has 1 heterocycles. The van der Waals surface area contributed by atoms with Gasteiger partial charge in [0, 0.05) is 3.57 Å². The van der Waals surface area contributed by atoms with Crippen LogP contribution < -0.4 is 5.32 Å². The molecule has 1 N–H and O–H groups in total. The molecule has 0 bridgehead atoms. The summed E-state index contributed by atoms with van der Waals surface area (Å²) in [4.78, 5) is 37.5. The van der Waals surface area contributed by atoms with Crippen molar-refractivity contribution in [2.24, 2.45) is 0 Å². The van der Waals surface area contributed by atoms with Crippen LogP contribution in [-0.2, 0) is 4.79 Å². The van der Waals surface area contributed by atoms with Crippen LogP contribution in [0.4, 0.5) is 5.69 Å². The number of nitrogens with zero attached hydrogens (tertiary/aromatic N) is 1. The van der Waals surface area contributed by atoms with Gasteiger partial charge in [0.05, 0.1) is 21.8 Å². The van der Waals surface area contributed by atoms with E-state index in [0.29, 0.717) is 21.8 Å². The van der Waals surface area contributed by atoms with Gasteiger partial charge < -0.3 is 5.32 Å². The second kappa shape index (κ2) is 6.29. The van der Waals surface area contributed by atoms with Crippen LogP contribution in [0.25, 0.3) is 0 Å². The molecule has 1 aliphatic rings. The summed E-state index contributed by atoms with van der Waals surface area (Å²) in [5.74, 6) is -1.41. The molecule has 0 atom stereocenters. The summed E-state index contributed by atoms with van der Waals surface area (Å²) in [7, 11) is 0. The van der Waals surface area contributed by atoms with Crippen LogP contribution >= 0.6 is 34.2 Å². The van der Waals surface area contributed by atoms with Crippen molar-refractivity contribution in [1.29, 1.82) is 0 Å². The minimum absolute atomic E-state index is 0.317. The zero-order chi connectivity index (χ0) is 16.6. The number of hydrogen-bond donors (Lipinski definition) is 1. The van der Waals surface area contributed by atoms with E-state index in [9.17, 15) is 14.4 Å². The minimum atomic E-state index is -0.484. The lowest BCUT2D eigenvalue weighted by atomic mass is 10.1. The molecule has 7 heteroatoms. The number of anilines is 1. The molecule has 0 aliphatic carbocycles. The molecule has 0 saturated heterocycles. The summed E-state index contributed by atoms with van der Waals surface area (Å²) >= 11 is 8.16. The first-order valence-electron chi connectivity index (χ1n) is 6.67. The second-order valence-electron chi connectivity index (χ2n) is 4.91. The Morgan fingerprint density at radius 3 is 2.26 bits per heavy atom. The minimum Gasteiger partial charge on any atom is -0.323 e. The van der Waals surface area contributed by atoms with Crippen LogP contribution in [0.1, 0.15) is 20.7 Å². The van der Waals surface area contributed by atoms with E-state index >= 15 is 0 Å². The van der Waals surface area contributed by atoms with Gasteiger partial charge in [0.15, 0.2) is 0 Å². The number of carbonyl (C=O) groups is 3. The normalized spacial score (nSPS) is 13.2. The summed E-state index contributed by atoms with van der Waals surface area (Å²) in [5, 5.41) is 3.01. The summed E-state index contributed by atoms with van der Waals surface area (Å²) in [6, 6.07) is 11.7. The number of fused-ring (bicyclic) bond motifs is 1. The number of nitrogens with one attached hydrogen (secondary N) is 1. The molecule has 0 aromatic heterocycles. The topological polar surface area (TPSA) is 66.5 Å². The number of benzene rings is 2. The maximum atomic E-state index is 12.2. The molecule has 0 spiro atoms. The Labute approximate surface area is 150 Å². The van der Waals surface area contributed by atoms with E-state index in [1.807, 2.05) is 0 Å². The monoisotopic (exact) mass is 440 g/mol. The number of halogens is 2. The molecule has 2 aromatic rings. The lowest BCUT2D eigenvalue weighted by Gasteiger charge is -2.14. The molecule has 5 nitrogen and oxygen atoms in total. The van der Waals surface area contributed by atoms with Gasteiger partial charge in [-0.2, -0.15) is 0 Å². The fourth-order valence-corrected chi connectivity index (χ4v) is 3.21. The van der Waals surface area contributed by atoms with Crippen LogP contribution in [0.2, 0.25) is 5.02 Å². The van der Waals surface area contributed by atoms with Crippen LogP contribution in [0.5, 0.6) is 0 Å². The van der Waals surface area contributed by atoms with Gasteiger partial charge in [-0.3, -0.25) is 19.3 Å². The molecular formula is C16H10ClIN2O3. The van der Waals surface area contributed by atoms with E-state index in [-0.39, 0.29) is 6.54 Å². The average Bonchev–Trinajstić information content (AvgIpc) is 2.76. The number of carbonyl (C=O) groups excluding carboxylic acids is 3. The van der Waals surface area contributed by atoms with Crippen LogP contribution in [-0.4, -0.2) is 29.2 Å². The highest BCUT2D eigenvalue weighted by molar-refractivity contribution is 14.1. The molecule has 1 aliphatic heterocycles. The summed E-state index contributed by atoms with van der Waals surface area (Å²) in [6.45, 7) is -0.353. The SMILES string of the molecule is O=C(CN1C(=O)c2ccccc2C1=O)Nc1ccc(I)cc1Cl. The highest BCUT2D eigenvalue weighted by Gasteiger charge is 2.36. The van der Waals surface area contributed by atoms with Gasteiger partial charge in [0.1, 0.15) is 6.54 Å². The summed E-state index contributed by atoms with van der Waals surface area (Å²) in [6.07, 6.45) is 0. The highest BCUT2D eigenvalue weighted by Crippen LogP contribution is 2.25. The first-order chi connectivity index (χ1) is 11.0. The average molecular weight is 441 g/mol. The molecule has 2 aromatic carbocycles. The van der Waals surface area contributed by atoms with Gasteiger partial charge in [-0.15, -0.1) is 0 Å². The molecule has 116 valence electrons. The fourth-order valence-electron chi connectivity index (χ4n) is 2.31. The van der Waals surface area contributed by atoms with E-state index in [2.05, 4.69) is 27.9 Å². The van der Waals surface area contributed by atoms with E-state index in [0.717, 1.165) is 8.47 Å². The first-order valence-corrected chi connectivity index (χ1v) is 8.13. The number of amides is 3. The van der Waals surface area contributed by atoms with Crippen molar-refractivity contribution >= 4 is 57.6 Å². The van der Waals surface area contributed by atoms with Crippen molar-refractivity contribution in [3.8, 4) is 0 Å². The standard InChI is InChI=1S/C16H10ClIN2O3/c17-12-7-9(18)5-6-13(12)19-14(21)8-20-15(22)10-3-1-2-4-11(10)16(20)23/h1-7H,8H2,(H,19,21). The Balaban J connectivity index is 1.74. The van der Waals surface area contributed by atoms with Crippen molar-refractivity contribution < 1.29 is 14.4 Å². The van der Waals surface area contributed by atoms with Gasteiger partial charge in [-0.05, 0) is 52.9 Å². The van der Waals surface area contributed by atoms with E-state index in [1.54, 1.807) is 42.5 Å². The maximum Gasteiger partial charge on any atom is 0.262 e. The maximum absolute atomic E-state index is 12.2. The molecule has 0 unspecified atom stereocenters. The highest BCUT2D eigenvalue weighted by atomic mass is 127. The molecule has 3 rings (SSSR count). The van der Waals surface area contributed by atoms with Gasteiger partial charge in [0.25, 0.3) is 11.8 Å². The number of imide groups is 1. The second-order valence-corrected chi connectivity index (χ2v) is 6.57. The smallest absolute Gasteiger partial charge is 0.262 e. The van der Waals surface area contributed by atoms with E-state index in [1.165, 1.54) is 0 Å². The predicted molar refractivity (Wildman–Crippen MR) is 94.6 cm³/mol. The molecule has 0 fully saturated rings. The quantitative estimate of drug-likeness (QED) is 0.589. The Morgan fingerprint density at radius 1 is 1.09 bits per heavy atom. The van der Waals surface area contributed by atoms with Crippen molar-refractivity contribution in [2.75, 3.05) is 11.9 Å². The Bertz CT molecular complexity index is 803. The third-order valence-electron chi connectivity index (χ3n) is 3.39. The zero-order valence-corrected chi connectivity index (χ0v) is 14.6. The van der Waals surface area contributed by atoms with Gasteiger partial charge >= 0.3 is 0 Å². The molecular weight excluding hydrogens is 431 g/mol. The van der Waals surface area contributed by atoms with E-state index in [4.69, 9.17) is 11.6 Å². The van der Waals surface area contributed by atoms with Gasteiger partial charge in [-0.25, -0.2) is 0 Å². The Hall–Kier alpha value is -1.93. The van der Waals surface area contributed by atoms with Gasteiger partial charge in [-0.1, -0.05) is 23.7 Å². The molecule has 3 amide bonds. The molecule has 23 heavy (non-hydrogen) atoms. The fraction of sp³-hybridized carbons (Fsp3) is 0.0625.